The molecular weight excluding hydrogens is 320 g/mol. The Balaban J connectivity index is 2.01. The number of nitrogens with zero attached hydrogens (tertiary/aromatic N) is 1. The number of carbonyl (C=O) groups excluding carboxylic acids is 2. The predicted octanol–water partition coefficient (Wildman–Crippen LogP) is 2.43. The molecule has 6 nitrogen and oxygen atoms in total. The van der Waals surface area contributed by atoms with Crippen LogP contribution >= 0.6 is 0 Å². The molecule has 2 N–H and O–H groups in total. The summed E-state index contributed by atoms with van der Waals surface area (Å²) in [4.78, 5) is 37.4. The maximum Gasteiger partial charge on any atom is 0.335 e. The van der Waals surface area contributed by atoms with Gasteiger partial charge >= 0.3 is 5.97 Å². The Kier molecular flexibility index (Phi) is 6.56. The molecule has 1 aliphatic rings. The molecule has 0 aromatic heterocycles. The smallest absolute Gasteiger partial charge is 0.335 e. The molecule has 0 spiro atoms. The Labute approximate surface area is 148 Å². The van der Waals surface area contributed by atoms with E-state index in [0.717, 1.165) is 18.4 Å². The van der Waals surface area contributed by atoms with Gasteiger partial charge in [-0.05, 0) is 42.9 Å². The fourth-order valence-corrected chi connectivity index (χ4v) is 3.05. The lowest BCUT2D eigenvalue weighted by Crippen LogP contribution is -2.51. The number of nitrogens with one attached hydrogen (secondary N) is 1. The van der Waals surface area contributed by atoms with E-state index in [1.54, 1.807) is 17.0 Å². The first-order chi connectivity index (χ1) is 11.9. The van der Waals surface area contributed by atoms with E-state index < -0.39 is 12.0 Å². The van der Waals surface area contributed by atoms with Crippen molar-refractivity contribution in [2.75, 3.05) is 6.54 Å². The number of benzene rings is 1. The highest BCUT2D eigenvalue weighted by Gasteiger charge is 2.31. The third-order valence-electron chi connectivity index (χ3n) is 4.40. The third kappa shape index (κ3) is 5.31. The lowest BCUT2D eigenvalue weighted by atomic mass is 9.98. The van der Waals surface area contributed by atoms with Gasteiger partial charge in [0.1, 0.15) is 6.04 Å². The van der Waals surface area contributed by atoms with Crippen LogP contribution < -0.4 is 5.32 Å². The Bertz CT molecular complexity index is 625. The fourth-order valence-electron chi connectivity index (χ4n) is 3.05. The van der Waals surface area contributed by atoms with E-state index in [4.69, 9.17) is 5.11 Å². The van der Waals surface area contributed by atoms with Crippen molar-refractivity contribution < 1.29 is 19.5 Å². The lowest BCUT2D eigenvalue weighted by Gasteiger charge is -2.34. The van der Waals surface area contributed by atoms with Crippen molar-refractivity contribution in [2.45, 2.75) is 52.1 Å². The van der Waals surface area contributed by atoms with E-state index in [9.17, 15) is 14.4 Å². The molecule has 1 fully saturated rings. The van der Waals surface area contributed by atoms with Crippen molar-refractivity contribution >= 4 is 17.8 Å². The standard InChI is InChI=1S/C19H26N2O4/c1-13(2)11-16(21-10-4-3-5-17(21)22)18(23)20-12-14-6-8-15(9-7-14)19(24)25/h6-9,13,16H,3-5,10-12H2,1-2H3,(H,20,23)(H,24,25). The quantitative estimate of drug-likeness (QED) is 0.794. The average Bonchev–Trinajstić information content (AvgIpc) is 2.58. The molecule has 1 aromatic carbocycles. The highest BCUT2D eigenvalue weighted by atomic mass is 16.4. The van der Waals surface area contributed by atoms with Crippen molar-refractivity contribution in [3.63, 3.8) is 0 Å². The molecule has 0 saturated carbocycles. The summed E-state index contributed by atoms with van der Waals surface area (Å²) in [5.74, 6) is -0.763. The monoisotopic (exact) mass is 346 g/mol. The highest BCUT2D eigenvalue weighted by Crippen LogP contribution is 2.19. The van der Waals surface area contributed by atoms with Crippen LogP contribution in [-0.2, 0) is 16.1 Å². The summed E-state index contributed by atoms with van der Waals surface area (Å²) in [5.41, 5.74) is 1.04. The number of likely N-dealkylation sites (tertiary alicyclic amines) is 1. The number of amides is 2. The second-order valence-corrected chi connectivity index (χ2v) is 6.91. The van der Waals surface area contributed by atoms with E-state index >= 15 is 0 Å². The minimum absolute atomic E-state index is 0.0536. The normalized spacial score (nSPS) is 16.0. The van der Waals surface area contributed by atoms with Crippen LogP contribution in [0.25, 0.3) is 0 Å². The van der Waals surface area contributed by atoms with Crippen molar-refractivity contribution in [3.8, 4) is 0 Å². The second kappa shape index (κ2) is 8.65. The van der Waals surface area contributed by atoms with Crippen LogP contribution in [0.3, 0.4) is 0 Å². The molecule has 6 heteroatoms. The summed E-state index contributed by atoms with van der Waals surface area (Å²) in [5, 5.41) is 11.8. The Morgan fingerprint density at radius 1 is 1.20 bits per heavy atom. The largest absolute Gasteiger partial charge is 0.478 e. The summed E-state index contributed by atoms with van der Waals surface area (Å²) < 4.78 is 0. The van der Waals surface area contributed by atoms with E-state index in [1.807, 2.05) is 13.8 Å². The Hall–Kier alpha value is -2.37. The molecule has 2 amide bonds. The number of piperidine rings is 1. The molecule has 1 aliphatic heterocycles. The van der Waals surface area contributed by atoms with Crippen LogP contribution in [0.4, 0.5) is 0 Å². The van der Waals surface area contributed by atoms with Gasteiger partial charge < -0.3 is 15.3 Å². The van der Waals surface area contributed by atoms with Crippen LogP contribution in [0.2, 0.25) is 0 Å². The van der Waals surface area contributed by atoms with Gasteiger partial charge in [0, 0.05) is 19.5 Å². The van der Waals surface area contributed by atoms with Crippen molar-refractivity contribution in [1.82, 2.24) is 10.2 Å². The predicted molar refractivity (Wildman–Crippen MR) is 94.1 cm³/mol. The number of carbonyl (C=O) groups is 3. The van der Waals surface area contributed by atoms with Gasteiger partial charge in [0.2, 0.25) is 11.8 Å². The van der Waals surface area contributed by atoms with Gasteiger partial charge in [0.25, 0.3) is 0 Å². The van der Waals surface area contributed by atoms with Gasteiger partial charge in [-0.1, -0.05) is 26.0 Å². The van der Waals surface area contributed by atoms with Crippen LogP contribution in [0.15, 0.2) is 24.3 Å². The molecule has 25 heavy (non-hydrogen) atoms. The summed E-state index contributed by atoms with van der Waals surface area (Å²) in [7, 11) is 0. The van der Waals surface area contributed by atoms with Crippen LogP contribution in [0.1, 0.15) is 55.5 Å². The molecule has 1 atom stereocenters. The first-order valence-corrected chi connectivity index (χ1v) is 8.78. The number of carboxylic acids is 1. The fraction of sp³-hybridized carbons (Fsp3) is 0.526. The summed E-state index contributed by atoms with van der Waals surface area (Å²) in [6.07, 6.45) is 2.97. The Morgan fingerprint density at radius 3 is 2.44 bits per heavy atom. The number of carboxylic acid groups (broad SMARTS) is 1. The van der Waals surface area contributed by atoms with Crippen LogP contribution in [0.5, 0.6) is 0 Å². The van der Waals surface area contributed by atoms with Crippen LogP contribution in [-0.4, -0.2) is 40.4 Å². The molecule has 1 unspecified atom stereocenters. The summed E-state index contributed by atoms with van der Waals surface area (Å²) in [6.45, 7) is 5.03. The zero-order valence-electron chi connectivity index (χ0n) is 14.8. The number of hydrogen-bond acceptors (Lipinski definition) is 3. The van der Waals surface area contributed by atoms with Crippen molar-refractivity contribution in [2.24, 2.45) is 5.92 Å². The summed E-state index contributed by atoms with van der Waals surface area (Å²) >= 11 is 0. The molecule has 1 saturated heterocycles. The van der Waals surface area contributed by atoms with Gasteiger partial charge in [-0.25, -0.2) is 4.79 Å². The van der Waals surface area contributed by atoms with Crippen LogP contribution in [0, 0.1) is 5.92 Å². The molecule has 136 valence electrons. The highest BCUT2D eigenvalue weighted by molar-refractivity contribution is 5.88. The average molecular weight is 346 g/mol. The SMILES string of the molecule is CC(C)CC(C(=O)NCc1ccc(C(=O)O)cc1)N1CCCCC1=O. The first kappa shape index (κ1) is 19.0. The Morgan fingerprint density at radius 2 is 1.88 bits per heavy atom. The van der Waals surface area contributed by atoms with E-state index in [-0.39, 0.29) is 17.4 Å². The van der Waals surface area contributed by atoms with Gasteiger partial charge in [0.15, 0.2) is 0 Å². The van der Waals surface area contributed by atoms with E-state index in [0.29, 0.717) is 31.8 Å². The molecule has 1 aromatic rings. The third-order valence-corrected chi connectivity index (χ3v) is 4.40. The molecular formula is C19H26N2O4. The van der Waals surface area contributed by atoms with Crippen molar-refractivity contribution in [3.05, 3.63) is 35.4 Å². The minimum Gasteiger partial charge on any atom is -0.478 e. The first-order valence-electron chi connectivity index (χ1n) is 8.78. The molecule has 1 heterocycles. The summed E-state index contributed by atoms with van der Waals surface area (Å²) in [6, 6.07) is 5.97. The van der Waals surface area contributed by atoms with Gasteiger partial charge in [0.05, 0.1) is 5.56 Å². The number of aromatic carboxylic acids is 1. The second-order valence-electron chi connectivity index (χ2n) is 6.91. The van der Waals surface area contributed by atoms with E-state index in [2.05, 4.69) is 5.32 Å². The number of rotatable bonds is 7. The van der Waals surface area contributed by atoms with Gasteiger partial charge in [-0.15, -0.1) is 0 Å². The van der Waals surface area contributed by atoms with E-state index in [1.165, 1.54) is 12.1 Å². The van der Waals surface area contributed by atoms with Gasteiger partial charge in [-0.3, -0.25) is 9.59 Å². The topological polar surface area (TPSA) is 86.7 Å². The zero-order valence-corrected chi connectivity index (χ0v) is 14.8. The maximum absolute atomic E-state index is 12.7. The van der Waals surface area contributed by atoms with Gasteiger partial charge in [-0.2, -0.15) is 0 Å². The minimum atomic E-state index is -0.976. The molecule has 0 bridgehead atoms. The maximum atomic E-state index is 12.7. The van der Waals surface area contributed by atoms with Crippen molar-refractivity contribution in [1.29, 1.82) is 0 Å². The zero-order chi connectivity index (χ0) is 18.4. The molecule has 0 radical (unpaired) electrons. The molecule has 2 rings (SSSR count). The lowest BCUT2D eigenvalue weighted by molar-refractivity contribution is -0.143. The number of hydrogen-bond donors (Lipinski definition) is 2. The molecule has 0 aliphatic carbocycles.